The SMILES string of the molecule is CCNC1CCCC(c2cccc(Br)c2F)C1. The van der Waals surface area contributed by atoms with Crippen LogP contribution in [0.25, 0.3) is 0 Å². The Hall–Kier alpha value is -0.410. The molecule has 1 nitrogen and oxygen atoms in total. The van der Waals surface area contributed by atoms with Gasteiger partial charge in [0.15, 0.2) is 0 Å². The van der Waals surface area contributed by atoms with Crippen LogP contribution in [0, 0.1) is 5.82 Å². The van der Waals surface area contributed by atoms with Crippen molar-refractivity contribution >= 4 is 15.9 Å². The summed E-state index contributed by atoms with van der Waals surface area (Å²) in [4.78, 5) is 0. The first-order valence-electron chi connectivity index (χ1n) is 6.39. The van der Waals surface area contributed by atoms with Crippen molar-refractivity contribution in [3.63, 3.8) is 0 Å². The lowest BCUT2D eigenvalue weighted by Crippen LogP contribution is -2.33. The van der Waals surface area contributed by atoms with Crippen molar-refractivity contribution in [1.82, 2.24) is 5.32 Å². The second-order valence-electron chi connectivity index (χ2n) is 4.76. The molecule has 2 unspecified atom stereocenters. The summed E-state index contributed by atoms with van der Waals surface area (Å²) in [5.74, 6) is 0.292. The normalized spacial score (nSPS) is 24.9. The van der Waals surface area contributed by atoms with Gasteiger partial charge in [0.05, 0.1) is 4.47 Å². The highest BCUT2D eigenvalue weighted by molar-refractivity contribution is 9.10. The molecule has 0 aliphatic heterocycles. The molecule has 0 amide bonds. The van der Waals surface area contributed by atoms with Crippen LogP contribution in [0.3, 0.4) is 0 Å². The molecule has 0 radical (unpaired) electrons. The molecule has 0 saturated heterocycles. The quantitative estimate of drug-likeness (QED) is 0.881. The number of hydrogen-bond donors (Lipinski definition) is 1. The molecule has 1 aliphatic carbocycles. The van der Waals surface area contributed by atoms with E-state index in [0.29, 0.717) is 16.4 Å². The average molecular weight is 300 g/mol. The Morgan fingerprint density at radius 2 is 2.24 bits per heavy atom. The van der Waals surface area contributed by atoms with Crippen LogP contribution in [-0.4, -0.2) is 12.6 Å². The second kappa shape index (κ2) is 5.96. The lowest BCUT2D eigenvalue weighted by molar-refractivity contribution is 0.339. The Labute approximate surface area is 111 Å². The highest BCUT2D eigenvalue weighted by atomic mass is 79.9. The molecule has 2 atom stereocenters. The maximum Gasteiger partial charge on any atom is 0.140 e. The monoisotopic (exact) mass is 299 g/mol. The number of hydrogen-bond acceptors (Lipinski definition) is 1. The lowest BCUT2D eigenvalue weighted by Gasteiger charge is -2.30. The van der Waals surface area contributed by atoms with E-state index in [0.717, 1.165) is 24.9 Å². The van der Waals surface area contributed by atoms with Gasteiger partial charge in [-0.05, 0) is 59.3 Å². The van der Waals surface area contributed by atoms with E-state index >= 15 is 0 Å². The Kier molecular flexibility index (Phi) is 4.57. The van der Waals surface area contributed by atoms with E-state index in [9.17, 15) is 4.39 Å². The molecule has 2 rings (SSSR count). The first-order chi connectivity index (χ1) is 8.22. The van der Waals surface area contributed by atoms with Gasteiger partial charge in [-0.15, -0.1) is 0 Å². The van der Waals surface area contributed by atoms with Gasteiger partial charge in [-0.3, -0.25) is 0 Å². The Bertz CT molecular complexity index is 378. The molecule has 17 heavy (non-hydrogen) atoms. The molecule has 0 bridgehead atoms. The fourth-order valence-corrected chi connectivity index (χ4v) is 3.16. The zero-order chi connectivity index (χ0) is 12.3. The van der Waals surface area contributed by atoms with Crippen LogP contribution in [0.5, 0.6) is 0 Å². The van der Waals surface area contributed by atoms with Gasteiger partial charge in [0.1, 0.15) is 5.82 Å². The Balaban J connectivity index is 2.13. The van der Waals surface area contributed by atoms with E-state index in [2.05, 4.69) is 28.2 Å². The molecule has 1 N–H and O–H groups in total. The van der Waals surface area contributed by atoms with Crippen LogP contribution in [0.15, 0.2) is 22.7 Å². The van der Waals surface area contributed by atoms with Crippen molar-refractivity contribution in [3.05, 3.63) is 34.1 Å². The molecule has 0 aromatic heterocycles. The molecule has 1 fully saturated rings. The van der Waals surface area contributed by atoms with Crippen molar-refractivity contribution in [2.75, 3.05) is 6.54 Å². The molecule has 0 spiro atoms. The van der Waals surface area contributed by atoms with Crippen LogP contribution >= 0.6 is 15.9 Å². The lowest BCUT2D eigenvalue weighted by atomic mass is 9.81. The number of halogens is 2. The van der Waals surface area contributed by atoms with E-state index in [1.165, 1.54) is 12.8 Å². The molecule has 3 heteroatoms. The zero-order valence-corrected chi connectivity index (χ0v) is 11.8. The van der Waals surface area contributed by atoms with Gasteiger partial charge in [-0.2, -0.15) is 0 Å². The van der Waals surface area contributed by atoms with E-state index in [4.69, 9.17) is 0 Å². The van der Waals surface area contributed by atoms with Crippen molar-refractivity contribution < 1.29 is 4.39 Å². The molecule has 1 saturated carbocycles. The summed E-state index contributed by atoms with van der Waals surface area (Å²) in [6, 6.07) is 6.18. The summed E-state index contributed by atoms with van der Waals surface area (Å²) < 4.78 is 14.6. The number of benzene rings is 1. The van der Waals surface area contributed by atoms with E-state index in [1.54, 1.807) is 6.07 Å². The Morgan fingerprint density at radius 1 is 1.41 bits per heavy atom. The maximum absolute atomic E-state index is 14.0. The van der Waals surface area contributed by atoms with Gasteiger partial charge < -0.3 is 5.32 Å². The summed E-state index contributed by atoms with van der Waals surface area (Å²) >= 11 is 3.27. The summed E-state index contributed by atoms with van der Waals surface area (Å²) in [7, 11) is 0. The molecule has 0 heterocycles. The standard InChI is InChI=1S/C14H19BrFN/c1-2-17-11-6-3-5-10(9-11)12-7-4-8-13(15)14(12)16/h4,7-8,10-11,17H,2-3,5-6,9H2,1H3. The predicted octanol–water partition coefficient (Wildman–Crippen LogP) is 4.22. The van der Waals surface area contributed by atoms with Gasteiger partial charge >= 0.3 is 0 Å². The average Bonchev–Trinajstić information content (AvgIpc) is 2.33. The predicted molar refractivity (Wildman–Crippen MR) is 72.8 cm³/mol. The van der Waals surface area contributed by atoms with Gasteiger partial charge in [-0.25, -0.2) is 4.39 Å². The Morgan fingerprint density at radius 3 is 3.00 bits per heavy atom. The highest BCUT2D eigenvalue weighted by Gasteiger charge is 2.25. The van der Waals surface area contributed by atoms with Gasteiger partial charge in [0.2, 0.25) is 0 Å². The molecule has 1 aliphatic rings. The number of nitrogens with one attached hydrogen (secondary N) is 1. The maximum atomic E-state index is 14.0. The fourth-order valence-electron chi connectivity index (χ4n) is 2.78. The molecule has 1 aromatic carbocycles. The summed E-state index contributed by atoms with van der Waals surface area (Å²) in [6.45, 7) is 3.13. The van der Waals surface area contributed by atoms with Crippen LogP contribution in [0.2, 0.25) is 0 Å². The molecule has 1 aromatic rings. The van der Waals surface area contributed by atoms with Crippen molar-refractivity contribution in [3.8, 4) is 0 Å². The topological polar surface area (TPSA) is 12.0 Å². The minimum absolute atomic E-state index is 0.0744. The largest absolute Gasteiger partial charge is 0.314 e. The number of rotatable bonds is 3. The summed E-state index contributed by atoms with van der Waals surface area (Å²) in [6.07, 6.45) is 4.57. The highest BCUT2D eigenvalue weighted by Crippen LogP contribution is 2.35. The van der Waals surface area contributed by atoms with Crippen LogP contribution in [0.4, 0.5) is 4.39 Å². The molecular formula is C14H19BrFN. The minimum Gasteiger partial charge on any atom is -0.314 e. The second-order valence-corrected chi connectivity index (χ2v) is 5.62. The molecular weight excluding hydrogens is 281 g/mol. The third-order valence-corrected chi connectivity index (χ3v) is 4.20. The van der Waals surface area contributed by atoms with Gasteiger partial charge in [-0.1, -0.05) is 25.5 Å². The fraction of sp³-hybridized carbons (Fsp3) is 0.571. The van der Waals surface area contributed by atoms with Crippen molar-refractivity contribution in [2.24, 2.45) is 0 Å². The summed E-state index contributed by atoms with van der Waals surface area (Å²) in [5.41, 5.74) is 0.877. The van der Waals surface area contributed by atoms with Gasteiger partial charge in [0, 0.05) is 6.04 Å². The van der Waals surface area contributed by atoms with Crippen molar-refractivity contribution in [2.45, 2.75) is 44.6 Å². The third-order valence-electron chi connectivity index (χ3n) is 3.59. The van der Waals surface area contributed by atoms with Crippen LogP contribution in [0.1, 0.15) is 44.1 Å². The van der Waals surface area contributed by atoms with E-state index in [1.807, 2.05) is 12.1 Å². The van der Waals surface area contributed by atoms with Crippen LogP contribution in [-0.2, 0) is 0 Å². The van der Waals surface area contributed by atoms with E-state index < -0.39 is 0 Å². The van der Waals surface area contributed by atoms with E-state index in [-0.39, 0.29) is 5.82 Å². The minimum atomic E-state index is -0.0744. The van der Waals surface area contributed by atoms with Crippen molar-refractivity contribution in [1.29, 1.82) is 0 Å². The zero-order valence-electron chi connectivity index (χ0n) is 10.2. The van der Waals surface area contributed by atoms with Crippen LogP contribution < -0.4 is 5.32 Å². The first-order valence-corrected chi connectivity index (χ1v) is 7.19. The molecule has 94 valence electrons. The smallest absolute Gasteiger partial charge is 0.140 e. The third kappa shape index (κ3) is 3.08. The first kappa shape index (κ1) is 13.0. The summed E-state index contributed by atoms with van der Waals surface area (Å²) in [5, 5.41) is 3.48. The van der Waals surface area contributed by atoms with Gasteiger partial charge in [0.25, 0.3) is 0 Å².